The van der Waals surface area contributed by atoms with Crippen molar-refractivity contribution < 1.29 is 14.3 Å². The minimum Gasteiger partial charge on any atom is -0.495 e. The van der Waals surface area contributed by atoms with E-state index in [1.54, 1.807) is 36.0 Å². The number of hydrogen-bond acceptors (Lipinski definition) is 5. The first kappa shape index (κ1) is 23.2. The van der Waals surface area contributed by atoms with Gasteiger partial charge in [0.05, 0.1) is 18.7 Å². The maximum absolute atomic E-state index is 13.6. The molecule has 2 aliphatic heterocycles. The number of amides is 2. The molecule has 0 bridgehead atoms. The summed E-state index contributed by atoms with van der Waals surface area (Å²) < 4.78 is 5.38. The van der Waals surface area contributed by atoms with Crippen LogP contribution in [0.4, 0.5) is 11.4 Å². The molecular formula is C23H25Cl2N3O3S. The van der Waals surface area contributed by atoms with Gasteiger partial charge in [-0.25, -0.2) is 0 Å². The van der Waals surface area contributed by atoms with Crippen LogP contribution in [-0.4, -0.2) is 37.0 Å². The Balaban J connectivity index is 1.76. The molecule has 0 saturated carbocycles. The molecule has 1 fully saturated rings. The fourth-order valence-electron chi connectivity index (χ4n) is 4.74. The van der Waals surface area contributed by atoms with Crippen molar-refractivity contribution in [3.63, 3.8) is 0 Å². The van der Waals surface area contributed by atoms with Crippen molar-refractivity contribution in [1.82, 2.24) is 5.32 Å². The largest absolute Gasteiger partial charge is 0.495 e. The van der Waals surface area contributed by atoms with Crippen LogP contribution >= 0.6 is 35.0 Å². The first-order chi connectivity index (χ1) is 15.3. The summed E-state index contributed by atoms with van der Waals surface area (Å²) >= 11 is 14.2. The number of carbonyl (C=O) groups excluding carboxylic acids is 2. The van der Waals surface area contributed by atoms with Gasteiger partial charge in [-0.2, -0.15) is 11.8 Å². The number of fused-ring (bicyclic) bond motifs is 2. The average Bonchev–Trinajstić information content (AvgIpc) is 3.27. The number of rotatable bonds is 6. The van der Waals surface area contributed by atoms with E-state index >= 15 is 0 Å². The Labute approximate surface area is 201 Å². The predicted molar refractivity (Wildman–Crippen MR) is 131 cm³/mol. The van der Waals surface area contributed by atoms with Gasteiger partial charge in [-0.05, 0) is 67.7 Å². The minimum absolute atomic E-state index is 0.00967. The van der Waals surface area contributed by atoms with E-state index in [1.807, 2.05) is 19.2 Å². The summed E-state index contributed by atoms with van der Waals surface area (Å²) in [5.74, 6) is 0.273. The zero-order chi connectivity index (χ0) is 23.0. The predicted octanol–water partition coefficient (Wildman–Crippen LogP) is 4.83. The van der Waals surface area contributed by atoms with Gasteiger partial charge in [0.15, 0.2) is 0 Å². The highest BCUT2D eigenvalue weighted by atomic mass is 35.5. The standard InChI is InChI=1S/C23H25Cl2N3O3S/c1-12-8-14(25)9-16-20(12)27-22(30)23(16)17(11-15(28-23)6-7-32-3)21(29)26-18-10-13(24)4-5-19(18)31-2/h4-5,8-10,15,17,28H,6-7,11H2,1-3H3,(H,26,29)(H,27,30)/t15-,17+,23-/m0/s1. The lowest BCUT2D eigenvalue weighted by Crippen LogP contribution is -2.52. The number of carbonyl (C=O) groups is 2. The highest BCUT2D eigenvalue weighted by Gasteiger charge is 2.60. The van der Waals surface area contributed by atoms with Crippen molar-refractivity contribution >= 4 is 58.2 Å². The summed E-state index contributed by atoms with van der Waals surface area (Å²) in [5, 5.41) is 10.5. The van der Waals surface area contributed by atoms with Crippen molar-refractivity contribution in [2.24, 2.45) is 5.92 Å². The van der Waals surface area contributed by atoms with Crippen LogP contribution in [0.25, 0.3) is 0 Å². The molecule has 0 aliphatic carbocycles. The second kappa shape index (κ2) is 9.14. The zero-order valence-corrected chi connectivity index (χ0v) is 20.4. The van der Waals surface area contributed by atoms with Crippen LogP contribution in [0, 0.1) is 12.8 Å². The maximum Gasteiger partial charge on any atom is 0.250 e. The first-order valence-electron chi connectivity index (χ1n) is 10.3. The maximum atomic E-state index is 13.6. The highest BCUT2D eigenvalue weighted by Crippen LogP contribution is 2.49. The van der Waals surface area contributed by atoms with Gasteiger partial charge in [0, 0.05) is 27.3 Å². The molecule has 0 unspecified atom stereocenters. The van der Waals surface area contributed by atoms with Gasteiger partial charge >= 0.3 is 0 Å². The van der Waals surface area contributed by atoms with E-state index in [-0.39, 0.29) is 17.9 Å². The number of anilines is 2. The van der Waals surface area contributed by atoms with Gasteiger partial charge in [0.25, 0.3) is 0 Å². The summed E-state index contributed by atoms with van der Waals surface area (Å²) in [6, 6.07) is 8.64. The summed E-state index contributed by atoms with van der Waals surface area (Å²) in [4.78, 5) is 27.1. The Kier molecular flexibility index (Phi) is 6.63. The molecule has 3 atom stereocenters. The van der Waals surface area contributed by atoms with Crippen LogP contribution in [0.1, 0.15) is 24.0 Å². The molecule has 170 valence electrons. The van der Waals surface area contributed by atoms with Crippen LogP contribution in [0.5, 0.6) is 5.75 Å². The zero-order valence-electron chi connectivity index (χ0n) is 18.1. The van der Waals surface area contributed by atoms with E-state index in [2.05, 4.69) is 16.0 Å². The molecule has 32 heavy (non-hydrogen) atoms. The van der Waals surface area contributed by atoms with E-state index in [0.717, 1.165) is 29.0 Å². The average molecular weight is 494 g/mol. The van der Waals surface area contributed by atoms with Gasteiger partial charge in [-0.1, -0.05) is 23.2 Å². The van der Waals surface area contributed by atoms with Gasteiger partial charge in [0.1, 0.15) is 11.3 Å². The molecule has 2 aromatic carbocycles. The third kappa shape index (κ3) is 3.96. The molecule has 0 aromatic heterocycles. The number of aryl methyl sites for hydroxylation is 1. The number of ether oxygens (including phenoxy) is 1. The van der Waals surface area contributed by atoms with Crippen molar-refractivity contribution in [1.29, 1.82) is 0 Å². The third-order valence-corrected chi connectivity index (χ3v) is 7.30. The summed E-state index contributed by atoms with van der Waals surface area (Å²) in [7, 11) is 1.53. The Morgan fingerprint density at radius 1 is 1.28 bits per heavy atom. The van der Waals surface area contributed by atoms with Crippen molar-refractivity contribution in [2.45, 2.75) is 31.3 Å². The second-order valence-electron chi connectivity index (χ2n) is 8.15. The fourth-order valence-corrected chi connectivity index (χ4v) is 5.70. The molecule has 1 saturated heterocycles. The van der Waals surface area contributed by atoms with E-state index in [4.69, 9.17) is 27.9 Å². The molecule has 2 aliphatic rings. The molecule has 2 amide bonds. The normalized spacial score (nSPS) is 23.8. The van der Waals surface area contributed by atoms with Crippen LogP contribution < -0.4 is 20.7 Å². The van der Waals surface area contributed by atoms with Gasteiger partial charge in [-0.15, -0.1) is 0 Å². The number of hydrogen-bond donors (Lipinski definition) is 3. The van der Waals surface area contributed by atoms with Crippen LogP contribution in [0.3, 0.4) is 0 Å². The SMILES string of the molecule is COc1ccc(Cl)cc1NC(=O)[C@H]1C[C@H](CCSC)N[C@]12C(=O)Nc1c(C)cc(Cl)cc12. The Morgan fingerprint density at radius 3 is 2.78 bits per heavy atom. The molecule has 2 aromatic rings. The second-order valence-corrected chi connectivity index (χ2v) is 10.0. The highest BCUT2D eigenvalue weighted by molar-refractivity contribution is 7.98. The smallest absolute Gasteiger partial charge is 0.250 e. The Morgan fingerprint density at radius 2 is 2.06 bits per heavy atom. The van der Waals surface area contributed by atoms with Gasteiger partial charge in [-0.3, -0.25) is 14.9 Å². The first-order valence-corrected chi connectivity index (χ1v) is 12.5. The van der Waals surface area contributed by atoms with E-state index < -0.39 is 11.5 Å². The molecule has 6 nitrogen and oxygen atoms in total. The van der Waals surface area contributed by atoms with E-state index in [1.165, 1.54) is 7.11 Å². The number of thioether (sulfide) groups is 1. The lowest BCUT2D eigenvalue weighted by Gasteiger charge is -2.29. The van der Waals surface area contributed by atoms with Gasteiger partial charge in [0.2, 0.25) is 11.8 Å². The van der Waals surface area contributed by atoms with Crippen LogP contribution in [0.2, 0.25) is 10.0 Å². The number of methoxy groups -OCH3 is 1. The molecule has 3 N–H and O–H groups in total. The van der Waals surface area contributed by atoms with E-state index in [0.29, 0.717) is 27.9 Å². The number of benzene rings is 2. The lowest BCUT2D eigenvalue weighted by atomic mass is 9.79. The summed E-state index contributed by atoms with van der Waals surface area (Å²) in [6.45, 7) is 1.90. The van der Waals surface area contributed by atoms with Crippen LogP contribution in [-0.2, 0) is 15.1 Å². The van der Waals surface area contributed by atoms with Crippen molar-refractivity contribution in [3.05, 3.63) is 51.5 Å². The third-order valence-electron chi connectivity index (χ3n) is 6.20. The summed E-state index contributed by atoms with van der Waals surface area (Å²) in [5.41, 5.74) is 1.58. The van der Waals surface area contributed by atoms with Crippen molar-refractivity contribution in [3.8, 4) is 5.75 Å². The monoisotopic (exact) mass is 493 g/mol. The quantitative estimate of drug-likeness (QED) is 0.536. The minimum atomic E-state index is -1.19. The molecular weight excluding hydrogens is 469 g/mol. The number of halogens is 2. The molecule has 2 heterocycles. The number of nitrogens with one attached hydrogen (secondary N) is 3. The lowest BCUT2D eigenvalue weighted by molar-refractivity contribution is -0.130. The summed E-state index contributed by atoms with van der Waals surface area (Å²) in [6.07, 6.45) is 3.41. The topological polar surface area (TPSA) is 79.5 Å². The Bertz CT molecular complexity index is 1080. The molecule has 0 radical (unpaired) electrons. The fraction of sp³-hybridized carbons (Fsp3) is 0.391. The van der Waals surface area contributed by atoms with Crippen molar-refractivity contribution in [2.75, 3.05) is 29.8 Å². The van der Waals surface area contributed by atoms with Crippen LogP contribution in [0.15, 0.2) is 30.3 Å². The van der Waals surface area contributed by atoms with Gasteiger partial charge < -0.3 is 15.4 Å². The molecule has 9 heteroatoms. The van der Waals surface area contributed by atoms with E-state index in [9.17, 15) is 9.59 Å². The molecule has 1 spiro atoms. The molecule has 4 rings (SSSR count). The Hall–Kier alpha value is -1.93.